The first-order valence-corrected chi connectivity index (χ1v) is 6.51. The zero-order chi connectivity index (χ0) is 13.1. The summed E-state index contributed by atoms with van der Waals surface area (Å²) in [6.07, 6.45) is 4.75. The molecule has 1 aliphatic heterocycles. The normalized spacial score (nSPS) is 16.2. The molecule has 0 aliphatic carbocycles. The lowest BCUT2D eigenvalue weighted by Gasteiger charge is -2.24. The van der Waals surface area contributed by atoms with Crippen LogP contribution in [0.5, 0.6) is 0 Å². The molecule has 0 spiro atoms. The molecule has 0 saturated carbocycles. The quantitative estimate of drug-likeness (QED) is 0.759. The Kier molecular flexibility index (Phi) is 3.71. The van der Waals surface area contributed by atoms with Gasteiger partial charge in [-0.3, -0.25) is 4.79 Å². The molecule has 2 rings (SSSR count). The van der Waals surface area contributed by atoms with E-state index >= 15 is 0 Å². The molecular weight excluding hydrogens is 226 g/mol. The van der Waals surface area contributed by atoms with E-state index < -0.39 is 0 Å². The molecule has 4 nitrogen and oxygen atoms in total. The zero-order valence-electron chi connectivity index (χ0n) is 11.1. The minimum atomic E-state index is -0.184. The lowest BCUT2D eigenvalue weighted by atomic mass is 10.2. The number of aryl methyl sites for hydroxylation is 1. The molecule has 0 bridgehead atoms. The number of nitrogens with zero attached hydrogens (tertiary/aromatic N) is 3. The van der Waals surface area contributed by atoms with E-state index in [-0.39, 0.29) is 11.1 Å². The summed E-state index contributed by atoms with van der Waals surface area (Å²) in [6.45, 7) is 3.80. The van der Waals surface area contributed by atoms with Crippen molar-refractivity contribution in [3.05, 3.63) is 27.7 Å². The van der Waals surface area contributed by atoms with Crippen LogP contribution in [0.1, 0.15) is 36.9 Å². The Labute approximate surface area is 107 Å². The fourth-order valence-corrected chi connectivity index (χ4v) is 2.47. The summed E-state index contributed by atoms with van der Waals surface area (Å²) >= 11 is 0. The maximum Gasteiger partial charge on any atom is 0.270 e. The van der Waals surface area contributed by atoms with Crippen molar-refractivity contribution < 1.29 is 0 Å². The Hall–Kier alpha value is -1.76. The van der Waals surface area contributed by atoms with Gasteiger partial charge in [-0.25, -0.2) is 0 Å². The summed E-state index contributed by atoms with van der Waals surface area (Å²) < 4.78 is 1.54. The smallest absolute Gasteiger partial charge is 0.270 e. The number of anilines is 1. The van der Waals surface area contributed by atoms with E-state index in [9.17, 15) is 10.1 Å². The number of aromatic nitrogens is 1. The zero-order valence-corrected chi connectivity index (χ0v) is 11.1. The molecule has 1 aromatic heterocycles. The van der Waals surface area contributed by atoms with Crippen molar-refractivity contribution in [1.82, 2.24) is 4.57 Å². The van der Waals surface area contributed by atoms with Gasteiger partial charge in [0.15, 0.2) is 0 Å². The molecule has 0 amide bonds. The third-order valence-corrected chi connectivity index (χ3v) is 3.71. The highest BCUT2D eigenvalue weighted by atomic mass is 16.1. The predicted octanol–water partition coefficient (Wildman–Crippen LogP) is 1.95. The molecule has 0 radical (unpaired) electrons. The summed E-state index contributed by atoms with van der Waals surface area (Å²) in [5.41, 5.74) is 1.82. The van der Waals surface area contributed by atoms with Gasteiger partial charge in [0.2, 0.25) is 0 Å². The van der Waals surface area contributed by atoms with Crippen LogP contribution in [0.3, 0.4) is 0 Å². The molecule has 1 aromatic rings. The largest absolute Gasteiger partial charge is 0.370 e. The summed E-state index contributed by atoms with van der Waals surface area (Å²) in [5.74, 6) is 0. The number of pyridine rings is 1. The van der Waals surface area contributed by atoms with Gasteiger partial charge >= 0.3 is 0 Å². The van der Waals surface area contributed by atoms with Gasteiger partial charge in [0.05, 0.1) is 5.69 Å². The summed E-state index contributed by atoms with van der Waals surface area (Å²) in [4.78, 5) is 14.3. The third-order valence-electron chi connectivity index (χ3n) is 3.71. The van der Waals surface area contributed by atoms with Gasteiger partial charge in [-0.2, -0.15) is 5.26 Å². The average Bonchev–Trinajstić information content (AvgIpc) is 2.64. The van der Waals surface area contributed by atoms with Gasteiger partial charge in [-0.05, 0) is 25.8 Å². The third kappa shape index (κ3) is 2.26. The van der Waals surface area contributed by atoms with Crippen molar-refractivity contribution in [3.63, 3.8) is 0 Å². The van der Waals surface area contributed by atoms with Crippen molar-refractivity contribution in [2.45, 2.75) is 32.6 Å². The number of hydrogen-bond donors (Lipinski definition) is 0. The van der Waals surface area contributed by atoms with Crippen LogP contribution >= 0.6 is 0 Å². The minimum Gasteiger partial charge on any atom is -0.370 e. The van der Waals surface area contributed by atoms with Crippen LogP contribution in [-0.2, 0) is 7.05 Å². The van der Waals surface area contributed by atoms with Crippen molar-refractivity contribution >= 4 is 5.69 Å². The fraction of sp³-hybridized carbons (Fsp3) is 0.571. The topological polar surface area (TPSA) is 49.0 Å². The minimum absolute atomic E-state index is 0.184. The highest BCUT2D eigenvalue weighted by molar-refractivity contribution is 5.59. The van der Waals surface area contributed by atoms with Crippen LogP contribution in [0.4, 0.5) is 5.69 Å². The number of nitriles is 1. The standard InChI is InChI=1S/C14H19N3O/c1-11-9-13(12(10-15)14(18)16(11)2)17-7-5-3-4-6-8-17/h9H,3-8H2,1-2H3. The van der Waals surface area contributed by atoms with E-state index in [1.165, 1.54) is 12.8 Å². The van der Waals surface area contributed by atoms with E-state index in [1.807, 2.05) is 13.0 Å². The maximum absolute atomic E-state index is 12.1. The molecule has 0 N–H and O–H groups in total. The second kappa shape index (κ2) is 5.26. The van der Waals surface area contributed by atoms with Crippen molar-refractivity contribution in [2.75, 3.05) is 18.0 Å². The van der Waals surface area contributed by atoms with E-state index in [1.54, 1.807) is 11.6 Å². The Morgan fingerprint density at radius 3 is 2.39 bits per heavy atom. The second-order valence-electron chi connectivity index (χ2n) is 4.92. The Morgan fingerprint density at radius 1 is 1.22 bits per heavy atom. The number of hydrogen-bond acceptors (Lipinski definition) is 3. The monoisotopic (exact) mass is 245 g/mol. The molecule has 0 atom stereocenters. The molecule has 1 fully saturated rings. The van der Waals surface area contributed by atoms with E-state index in [4.69, 9.17) is 0 Å². The predicted molar refractivity (Wildman–Crippen MR) is 71.8 cm³/mol. The first-order valence-electron chi connectivity index (χ1n) is 6.51. The summed E-state index contributed by atoms with van der Waals surface area (Å²) in [7, 11) is 1.71. The first kappa shape index (κ1) is 12.7. The lowest BCUT2D eigenvalue weighted by Crippen LogP contribution is -2.30. The highest BCUT2D eigenvalue weighted by Gasteiger charge is 2.17. The molecule has 0 unspecified atom stereocenters. The molecule has 96 valence electrons. The number of rotatable bonds is 1. The summed E-state index contributed by atoms with van der Waals surface area (Å²) in [5, 5.41) is 9.23. The van der Waals surface area contributed by atoms with Crippen LogP contribution in [0.2, 0.25) is 0 Å². The Balaban J connectivity index is 2.49. The van der Waals surface area contributed by atoms with Crippen molar-refractivity contribution in [2.24, 2.45) is 7.05 Å². The fourth-order valence-electron chi connectivity index (χ4n) is 2.47. The summed E-state index contributed by atoms with van der Waals surface area (Å²) in [6, 6.07) is 4.04. The van der Waals surface area contributed by atoms with Crippen LogP contribution in [0, 0.1) is 18.3 Å². The van der Waals surface area contributed by atoms with Crippen LogP contribution in [0.15, 0.2) is 10.9 Å². The molecule has 2 heterocycles. The molecule has 1 aliphatic rings. The molecule has 18 heavy (non-hydrogen) atoms. The maximum atomic E-state index is 12.1. The Morgan fingerprint density at radius 2 is 1.83 bits per heavy atom. The molecule has 1 saturated heterocycles. The van der Waals surface area contributed by atoms with E-state index in [0.29, 0.717) is 0 Å². The highest BCUT2D eigenvalue weighted by Crippen LogP contribution is 2.22. The molecule has 4 heteroatoms. The van der Waals surface area contributed by atoms with E-state index in [2.05, 4.69) is 11.0 Å². The molecule has 0 aromatic carbocycles. The van der Waals surface area contributed by atoms with Gasteiger partial charge in [0.25, 0.3) is 5.56 Å². The average molecular weight is 245 g/mol. The lowest BCUT2D eigenvalue weighted by molar-refractivity contribution is 0.726. The Bertz CT molecular complexity index is 531. The van der Waals surface area contributed by atoms with Crippen molar-refractivity contribution in [3.8, 4) is 6.07 Å². The van der Waals surface area contributed by atoms with Gasteiger partial charge in [-0.15, -0.1) is 0 Å². The van der Waals surface area contributed by atoms with Gasteiger partial charge in [0, 0.05) is 25.8 Å². The SMILES string of the molecule is Cc1cc(N2CCCCCC2)c(C#N)c(=O)n1C. The van der Waals surface area contributed by atoms with E-state index in [0.717, 1.165) is 37.3 Å². The van der Waals surface area contributed by atoms with Gasteiger partial charge in [-0.1, -0.05) is 12.8 Å². The van der Waals surface area contributed by atoms with Crippen molar-refractivity contribution in [1.29, 1.82) is 5.26 Å². The first-order chi connectivity index (χ1) is 8.65. The second-order valence-corrected chi connectivity index (χ2v) is 4.92. The van der Waals surface area contributed by atoms with Crippen LogP contribution < -0.4 is 10.5 Å². The van der Waals surface area contributed by atoms with Crippen LogP contribution in [0.25, 0.3) is 0 Å². The molecular formula is C14H19N3O. The van der Waals surface area contributed by atoms with Gasteiger partial charge in [0.1, 0.15) is 11.6 Å². The van der Waals surface area contributed by atoms with Gasteiger partial charge < -0.3 is 9.47 Å². The van der Waals surface area contributed by atoms with Crippen LogP contribution in [-0.4, -0.2) is 17.7 Å².